The Labute approximate surface area is 200 Å². The second-order valence-electron chi connectivity index (χ2n) is 9.66. The zero-order chi connectivity index (χ0) is 24.3. The normalized spacial score (nSPS) is 23.1. The number of carbonyl (C=O) groups is 3. The molecule has 2 aliphatic rings. The van der Waals surface area contributed by atoms with Gasteiger partial charge in [-0.05, 0) is 38.6 Å². The SMILES string of the molecule is CN(C)CCN1C(=O)C[C@@](CC(=O)N2CCC[C@H](c3ccccc3)C2)(c2ccccc2F)C1=O. The Kier molecular flexibility index (Phi) is 7.12. The molecule has 180 valence electrons. The lowest BCUT2D eigenvalue weighted by Crippen LogP contribution is -2.46. The van der Waals surface area contributed by atoms with Crippen molar-refractivity contribution in [1.82, 2.24) is 14.7 Å². The summed E-state index contributed by atoms with van der Waals surface area (Å²) in [5, 5.41) is 0. The van der Waals surface area contributed by atoms with Crippen LogP contribution in [0.15, 0.2) is 54.6 Å². The minimum absolute atomic E-state index is 0.130. The Morgan fingerprint density at radius 3 is 2.50 bits per heavy atom. The molecular weight excluding hydrogens is 433 g/mol. The molecule has 2 aromatic rings. The van der Waals surface area contributed by atoms with Crippen molar-refractivity contribution in [3.63, 3.8) is 0 Å². The summed E-state index contributed by atoms with van der Waals surface area (Å²) in [6.45, 7) is 1.88. The molecule has 7 heteroatoms. The summed E-state index contributed by atoms with van der Waals surface area (Å²) in [5.41, 5.74) is -0.192. The van der Waals surface area contributed by atoms with Crippen molar-refractivity contribution < 1.29 is 18.8 Å². The quantitative estimate of drug-likeness (QED) is 0.590. The average molecular weight is 466 g/mol. The first kappa shape index (κ1) is 24.1. The van der Waals surface area contributed by atoms with Crippen molar-refractivity contribution in [1.29, 1.82) is 0 Å². The van der Waals surface area contributed by atoms with Gasteiger partial charge in [0.2, 0.25) is 17.7 Å². The number of hydrogen-bond acceptors (Lipinski definition) is 4. The molecule has 0 N–H and O–H groups in total. The second-order valence-corrected chi connectivity index (χ2v) is 9.66. The first-order valence-electron chi connectivity index (χ1n) is 11.9. The number of carbonyl (C=O) groups excluding carboxylic acids is 3. The number of imide groups is 1. The monoisotopic (exact) mass is 465 g/mol. The van der Waals surface area contributed by atoms with Crippen LogP contribution in [-0.2, 0) is 19.8 Å². The molecule has 4 rings (SSSR count). The van der Waals surface area contributed by atoms with Gasteiger partial charge in [-0.1, -0.05) is 48.5 Å². The van der Waals surface area contributed by atoms with E-state index in [4.69, 9.17) is 0 Å². The zero-order valence-electron chi connectivity index (χ0n) is 19.9. The molecule has 0 spiro atoms. The predicted molar refractivity (Wildman–Crippen MR) is 128 cm³/mol. The summed E-state index contributed by atoms with van der Waals surface area (Å²) in [5.74, 6) is -1.38. The minimum Gasteiger partial charge on any atom is -0.342 e. The summed E-state index contributed by atoms with van der Waals surface area (Å²) >= 11 is 0. The van der Waals surface area contributed by atoms with Gasteiger partial charge in [0.15, 0.2) is 0 Å². The molecule has 0 unspecified atom stereocenters. The third kappa shape index (κ3) is 4.75. The van der Waals surface area contributed by atoms with Crippen molar-refractivity contribution in [2.24, 2.45) is 0 Å². The van der Waals surface area contributed by atoms with Crippen LogP contribution in [0.1, 0.15) is 42.7 Å². The maximum atomic E-state index is 15.0. The topological polar surface area (TPSA) is 60.9 Å². The number of nitrogens with zero attached hydrogens (tertiary/aromatic N) is 3. The van der Waals surface area contributed by atoms with Gasteiger partial charge in [-0.3, -0.25) is 19.3 Å². The van der Waals surface area contributed by atoms with Crippen molar-refractivity contribution in [2.45, 2.75) is 37.0 Å². The largest absolute Gasteiger partial charge is 0.342 e. The molecule has 34 heavy (non-hydrogen) atoms. The van der Waals surface area contributed by atoms with Crippen molar-refractivity contribution in [3.05, 3.63) is 71.5 Å². The van der Waals surface area contributed by atoms with E-state index in [1.807, 2.05) is 37.2 Å². The van der Waals surface area contributed by atoms with Gasteiger partial charge in [0, 0.05) is 50.5 Å². The van der Waals surface area contributed by atoms with Crippen LogP contribution in [0.25, 0.3) is 0 Å². The van der Waals surface area contributed by atoms with E-state index in [0.29, 0.717) is 19.6 Å². The molecule has 0 aliphatic carbocycles. The van der Waals surface area contributed by atoms with Gasteiger partial charge in [0.1, 0.15) is 5.82 Å². The fourth-order valence-corrected chi connectivity index (χ4v) is 5.19. The standard InChI is InChI=1S/C27H32FN3O3/c1-29(2)15-16-31-25(33)18-27(26(31)34,22-12-6-7-13-23(22)28)17-24(32)30-14-8-11-21(19-30)20-9-4-3-5-10-20/h3-7,9-10,12-13,21H,8,11,14-19H2,1-2H3/t21-,27-/m0/s1. The molecule has 2 saturated heterocycles. The Bertz CT molecular complexity index is 1060. The molecule has 2 atom stereocenters. The number of hydrogen-bond donors (Lipinski definition) is 0. The van der Waals surface area contributed by atoms with Crippen LogP contribution in [0.5, 0.6) is 0 Å². The maximum absolute atomic E-state index is 15.0. The summed E-state index contributed by atoms with van der Waals surface area (Å²) in [7, 11) is 3.72. The Morgan fingerprint density at radius 2 is 1.79 bits per heavy atom. The fraction of sp³-hybridized carbons (Fsp3) is 0.444. The van der Waals surface area contributed by atoms with Gasteiger partial charge in [-0.25, -0.2) is 4.39 Å². The maximum Gasteiger partial charge on any atom is 0.241 e. The van der Waals surface area contributed by atoms with E-state index in [9.17, 15) is 18.8 Å². The molecule has 2 aliphatic heterocycles. The van der Waals surface area contributed by atoms with E-state index < -0.39 is 17.1 Å². The van der Waals surface area contributed by atoms with E-state index >= 15 is 0 Å². The lowest BCUT2D eigenvalue weighted by Gasteiger charge is -2.36. The highest BCUT2D eigenvalue weighted by atomic mass is 19.1. The second kappa shape index (κ2) is 10.1. The zero-order valence-corrected chi connectivity index (χ0v) is 19.9. The van der Waals surface area contributed by atoms with E-state index in [2.05, 4.69) is 12.1 Å². The highest BCUT2D eigenvalue weighted by Crippen LogP contribution is 2.42. The van der Waals surface area contributed by atoms with E-state index in [1.165, 1.54) is 22.6 Å². The first-order chi connectivity index (χ1) is 16.3. The molecule has 2 fully saturated rings. The van der Waals surface area contributed by atoms with Crippen LogP contribution >= 0.6 is 0 Å². The van der Waals surface area contributed by atoms with E-state index in [0.717, 1.165) is 12.8 Å². The van der Waals surface area contributed by atoms with Gasteiger partial charge >= 0.3 is 0 Å². The molecular formula is C27H32FN3O3. The number of amides is 3. The number of halogens is 1. The van der Waals surface area contributed by atoms with Gasteiger partial charge < -0.3 is 9.80 Å². The number of benzene rings is 2. The summed E-state index contributed by atoms with van der Waals surface area (Å²) in [4.78, 5) is 45.0. The van der Waals surface area contributed by atoms with Gasteiger partial charge in [-0.2, -0.15) is 0 Å². The highest BCUT2D eigenvalue weighted by molar-refractivity contribution is 6.10. The summed E-state index contributed by atoms with van der Waals surface area (Å²) < 4.78 is 15.0. The number of likely N-dealkylation sites (N-methyl/N-ethyl adjacent to an activating group) is 1. The molecule has 0 aromatic heterocycles. The van der Waals surface area contributed by atoms with Gasteiger partial charge in [0.25, 0.3) is 0 Å². The molecule has 0 radical (unpaired) electrons. The summed E-state index contributed by atoms with van der Waals surface area (Å²) in [6.07, 6.45) is 1.45. The predicted octanol–water partition coefficient (Wildman–Crippen LogP) is 3.18. The average Bonchev–Trinajstić information content (AvgIpc) is 3.07. The first-order valence-corrected chi connectivity index (χ1v) is 11.9. The molecule has 0 saturated carbocycles. The van der Waals surface area contributed by atoms with Crippen LogP contribution in [0.4, 0.5) is 4.39 Å². The van der Waals surface area contributed by atoms with Crippen molar-refractivity contribution in [3.8, 4) is 0 Å². The molecule has 6 nitrogen and oxygen atoms in total. The molecule has 2 heterocycles. The van der Waals surface area contributed by atoms with Crippen LogP contribution in [0, 0.1) is 5.82 Å². The highest BCUT2D eigenvalue weighted by Gasteiger charge is 2.55. The van der Waals surface area contributed by atoms with Gasteiger partial charge in [-0.15, -0.1) is 0 Å². The lowest BCUT2D eigenvalue weighted by atomic mass is 9.75. The van der Waals surface area contributed by atoms with Crippen LogP contribution < -0.4 is 0 Å². The van der Waals surface area contributed by atoms with Gasteiger partial charge in [0.05, 0.1) is 5.41 Å². The molecule has 3 amide bonds. The minimum atomic E-state index is -1.51. The number of likely N-dealkylation sites (tertiary alicyclic amines) is 2. The van der Waals surface area contributed by atoms with Crippen LogP contribution in [-0.4, -0.2) is 72.7 Å². The van der Waals surface area contributed by atoms with Crippen LogP contribution in [0.3, 0.4) is 0 Å². The van der Waals surface area contributed by atoms with Crippen molar-refractivity contribution >= 4 is 17.7 Å². The van der Waals surface area contributed by atoms with E-state index in [1.54, 1.807) is 17.0 Å². The lowest BCUT2D eigenvalue weighted by molar-refractivity contribution is -0.143. The third-order valence-corrected chi connectivity index (χ3v) is 7.07. The number of rotatable bonds is 7. The number of piperidine rings is 1. The molecule has 0 bridgehead atoms. The Morgan fingerprint density at radius 1 is 1.09 bits per heavy atom. The Balaban J connectivity index is 1.61. The van der Waals surface area contributed by atoms with Crippen molar-refractivity contribution in [2.75, 3.05) is 40.3 Å². The summed E-state index contributed by atoms with van der Waals surface area (Å²) in [6, 6.07) is 16.1. The van der Waals surface area contributed by atoms with E-state index in [-0.39, 0.29) is 42.7 Å². The fourth-order valence-electron chi connectivity index (χ4n) is 5.19. The molecule has 2 aromatic carbocycles. The van der Waals surface area contributed by atoms with Crippen LogP contribution in [0.2, 0.25) is 0 Å². The smallest absolute Gasteiger partial charge is 0.241 e. The third-order valence-electron chi connectivity index (χ3n) is 7.07. The Hall–Kier alpha value is -3.06.